The molecule has 0 spiro atoms. The number of hydrogen-bond acceptors (Lipinski definition) is 7. The van der Waals surface area contributed by atoms with Crippen LogP contribution >= 0.6 is 0 Å². The first-order valence-corrected chi connectivity index (χ1v) is 8.67. The molecule has 28 heavy (non-hydrogen) atoms. The number of carbonyl (C=O) groups excluding carboxylic acids is 2. The van der Waals surface area contributed by atoms with Crippen LogP contribution in [0, 0.1) is 10.1 Å². The summed E-state index contributed by atoms with van der Waals surface area (Å²) in [7, 11) is 0. The molecule has 0 aliphatic carbocycles. The minimum absolute atomic E-state index is 0.130. The number of benzene rings is 2. The number of carbonyl (C=O) groups is 2. The minimum Gasteiger partial charge on any atom is -0.452 e. The molecule has 9 heteroatoms. The third-order valence-electron chi connectivity index (χ3n) is 4.18. The molecule has 1 N–H and O–H groups in total. The third kappa shape index (κ3) is 5.04. The van der Waals surface area contributed by atoms with Crippen molar-refractivity contribution in [3.63, 3.8) is 0 Å². The van der Waals surface area contributed by atoms with Gasteiger partial charge in [0.05, 0.1) is 23.7 Å². The van der Waals surface area contributed by atoms with Crippen molar-refractivity contribution in [3.8, 4) is 0 Å². The zero-order valence-corrected chi connectivity index (χ0v) is 15.0. The second-order valence-corrected chi connectivity index (χ2v) is 6.07. The number of amides is 1. The zero-order chi connectivity index (χ0) is 19.9. The number of ether oxygens (including phenoxy) is 2. The van der Waals surface area contributed by atoms with Gasteiger partial charge in [0.15, 0.2) is 6.61 Å². The van der Waals surface area contributed by atoms with Crippen LogP contribution in [0.2, 0.25) is 0 Å². The fourth-order valence-electron chi connectivity index (χ4n) is 2.71. The van der Waals surface area contributed by atoms with Gasteiger partial charge >= 0.3 is 5.97 Å². The van der Waals surface area contributed by atoms with Crippen molar-refractivity contribution >= 4 is 28.9 Å². The highest BCUT2D eigenvalue weighted by molar-refractivity contribution is 5.95. The second-order valence-electron chi connectivity index (χ2n) is 6.07. The van der Waals surface area contributed by atoms with Crippen LogP contribution in [0.1, 0.15) is 10.4 Å². The molecular formula is C19H19N3O6. The van der Waals surface area contributed by atoms with E-state index >= 15 is 0 Å². The van der Waals surface area contributed by atoms with Crippen molar-refractivity contribution in [1.82, 2.24) is 0 Å². The number of nitro benzene ring substituents is 1. The van der Waals surface area contributed by atoms with Crippen molar-refractivity contribution < 1.29 is 24.0 Å². The van der Waals surface area contributed by atoms with Crippen LogP contribution in [0.25, 0.3) is 0 Å². The maximum absolute atomic E-state index is 12.0. The lowest BCUT2D eigenvalue weighted by Gasteiger charge is -2.28. The maximum atomic E-state index is 12.0. The Labute approximate surface area is 161 Å². The molecule has 9 nitrogen and oxygen atoms in total. The number of nitro groups is 1. The SMILES string of the molecule is O=C(COC(=O)c1ccc([N+](=O)[O-])cc1)Nc1ccc(N2CCOCC2)cc1. The maximum Gasteiger partial charge on any atom is 0.338 e. The molecule has 146 valence electrons. The molecule has 0 unspecified atom stereocenters. The molecule has 0 radical (unpaired) electrons. The van der Waals surface area contributed by atoms with Crippen molar-refractivity contribution in [3.05, 3.63) is 64.2 Å². The van der Waals surface area contributed by atoms with E-state index < -0.39 is 23.4 Å². The van der Waals surface area contributed by atoms with Crippen LogP contribution in [0.4, 0.5) is 17.1 Å². The molecule has 2 aromatic carbocycles. The van der Waals surface area contributed by atoms with E-state index in [1.54, 1.807) is 12.1 Å². The first-order valence-electron chi connectivity index (χ1n) is 8.67. The third-order valence-corrected chi connectivity index (χ3v) is 4.18. The number of rotatable bonds is 6. The largest absolute Gasteiger partial charge is 0.452 e. The van der Waals surface area contributed by atoms with Gasteiger partial charge in [0.2, 0.25) is 0 Å². The van der Waals surface area contributed by atoms with E-state index in [1.165, 1.54) is 24.3 Å². The summed E-state index contributed by atoms with van der Waals surface area (Å²) in [6.45, 7) is 2.58. The molecular weight excluding hydrogens is 366 g/mol. The first kappa shape index (κ1) is 19.3. The number of hydrogen-bond donors (Lipinski definition) is 1. The standard InChI is InChI=1S/C19H19N3O6/c23-18(13-28-19(24)14-1-5-17(6-2-14)22(25)26)20-15-3-7-16(8-4-15)21-9-11-27-12-10-21/h1-8H,9-13H2,(H,20,23). The molecule has 0 aromatic heterocycles. The molecule has 1 heterocycles. The van der Waals surface area contributed by atoms with Crippen LogP contribution in [0.15, 0.2) is 48.5 Å². The number of nitrogens with zero attached hydrogens (tertiary/aromatic N) is 2. The van der Waals surface area contributed by atoms with Gasteiger partial charge in [0.1, 0.15) is 0 Å². The molecule has 1 fully saturated rings. The summed E-state index contributed by atoms with van der Waals surface area (Å²) in [5.41, 5.74) is 1.64. The number of esters is 1. The summed E-state index contributed by atoms with van der Waals surface area (Å²) in [5, 5.41) is 13.3. The zero-order valence-electron chi connectivity index (χ0n) is 15.0. The van der Waals surface area contributed by atoms with Gasteiger partial charge < -0.3 is 19.7 Å². The summed E-state index contributed by atoms with van der Waals surface area (Å²) < 4.78 is 10.3. The van der Waals surface area contributed by atoms with Gasteiger partial charge in [-0.3, -0.25) is 14.9 Å². The molecule has 1 amide bonds. The normalized spacial score (nSPS) is 13.6. The van der Waals surface area contributed by atoms with Gasteiger partial charge in [0, 0.05) is 36.6 Å². The molecule has 0 bridgehead atoms. The average molecular weight is 385 g/mol. The monoisotopic (exact) mass is 385 g/mol. The molecule has 1 aliphatic heterocycles. The number of morpholine rings is 1. The van der Waals surface area contributed by atoms with E-state index in [-0.39, 0.29) is 11.3 Å². The van der Waals surface area contributed by atoms with E-state index in [0.717, 1.165) is 18.8 Å². The fraction of sp³-hybridized carbons (Fsp3) is 0.263. The summed E-state index contributed by atoms with van der Waals surface area (Å²) in [6, 6.07) is 12.3. The molecule has 3 rings (SSSR count). The van der Waals surface area contributed by atoms with Gasteiger partial charge in [0.25, 0.3) is 11.6 Å². The van der Waals surface area contributed by atoms with Crippen LogP contribution in [0.5, 0.6) is 0 Å². The van der Waals surface area contributed by atoms with E-state index in [2.05, 4.69) is 10.2 Å². The Kier molecular flexibility index (Phi) is 6.18. The first-order chi connectivity index (χ1) is 13.5. The fourth-order valence-corrected chi connectivity index (χ4v) is 2.71. The number of anilines is 2. The van der Waals surface area contributed by atoms with Gasteiger partial charge in [-0.15, -0.1) is 0 Å². The molecule has 1 aliphatic rings. The Bertz CT molecular complexity index is 845. The second kappa shape index (κ2) is 8.96. The molecule has 0 saturated carbocycles. The Hall–Kier alpha value is -3.46. The van der Waals surface area contributed by atoms with Gasteiger partial charge in [-0.25, -0.2) is 4.79 Å². The number of non-ortho nitro benzene ring substituents is 1. The Morgan fingerprint density at radius 1 is 1.07 bits per heavy atom. The van der Waals surface area contributed by atoms with E-state index in [0.29, 0.717) is 18.9 Å². The highest BCUT2D eigenvalue weighted by atomic mass is 16.6. The predicted molar refractivity (Wildman–Crippen MR) is 101 cm³/mol. The van der Waals surface area contributed by atoms with Gasteiger partial charge in [-0.05, 0) is 36.4 Å². The van der Waals surface area contributed by atoms with Crippen LogP contribution < -0.4 is 10.2 Å². The Balaban J connectivity index is 1.48. The Morgan fingerprint density at radius 2 is 1.71 bits per heavy atom. The van der Waals surface area contributed by atoms with Crippen molar-refractivity contribution in [2.45, 2.75) is 0 Å². The molecule has 0 atom stereocenters. The van der Waals surface area contributed by atoms with E-state index in [1.807, 2.05) is 12.1 Å². The Morgan fingerprint density at radius 3 is 2.32 bits per heavy atom. The lowest BCUT2D eigenvalue weighted by Crippen LogP contribution is -2.36. The number of nitrogens with one attached hydrogen (secondary N) is 1. The van der Waals surface area contributed by atoms with Crippen molar-refractivity contribution in [2.75, 3.05) is 43.1 Å². The summed E-state index contributed by atoms with van der Waals surface area (Å²) >= 11 is 0. The highest BCUT2D eigenvalue weighted by Gasteiger charge is 2.14. The van der Waals surface area contributed by atoms with Gasteiger partial charge in [-0.1, -0.05) is 0 Å². The molecule has 2 aromatic rings. The van der Waals surface area contributed by atoms with Crippen molar-refractivity contribution in [2.24, 2.45) is 0 Å². The van der Waals surface area contributed by atoms with Crippen LogP contribution in [-0.4, -0.2) is 49.7 Å². The smallest absolute Gasteiger partial charge is 0.338 e. The average Bonchev–Trinajstić information content (AvgIpc) is 2.73. The topological polar surface area (TPSA) is 111 Å². The highest BCUT2D eigenvalue weighted by Crippen LogP contribution is 2.19. The van der Waals surface area contributed by atoms with E-state index in [9.17, 15) is 19.7 Å². The summed E-state index contributed by atoms with van der Waals surface area (Å²) in [6.07, 6.45) is 0. The molecule has 1 saturated heterocycles. The lowest BCUT2D eigenvalue weighted by molar-refractivity contribution is -0.384. The summed E-state index contributed by atoms with van der Waals surface area (Å²) in [5.74, 6) is -1.21. The predicted octanol–water partition coefficient (Wildman–Crippen LogP) is 2.23. The lowest BCUT2D eigenvalue weighted by atomic mass is 10.2. The quantitative estimate of drug-likeness (QED) is 0.461. The van der Waals surface area contributed by atoms with Crippen molar-refractivity contribution in [1.29, 1.82) is 0 Å². The summed E-state index contributed by atoms with van der Waals surface area (Å²) in [4.78, 5) is 36.1. The van der Waals surface area contributed by atoms with Crippen LogP contribution in [0.3, 0.4) is 0 Å². The van der Waals surface area contributed by atoms with Crippen LogP contribution in [-0.2, 0) is 14.3 Å². The van der Waals surface area contributed by atoms with E-state index in [4.69, 9.17) is 9.47 Å². The minimum atomic E-state index is -0.729. The van der Waals surface area contributed by atoms with Gasteiger partial charge in [-0.2, -0.15) is 0 Å².